The Morgan fingerprint density at radius 3 is 2.94 bits per heavy atom. The zero-order chi connectivity index (χ0) is 11.1. The number of benzene rings is 1. The highest BCUT2D eigenvalue weighted by atomic mass is 32.1. The van der Waals surface area contributed by atoms with Gasteiger partial charge in [0.25, 0.3) is 0 Å². The smallest absolute Gasteiger partial charge is 0.188 e. The lowest BCUT2D eigenvalue weighted by Gasteiger charge is -2.13. The molecule has 1 aliphatic carbocycles. The summed E-state index contributed by atoms with van der Waals surface area (Å²) in [6.07, 6.45) is 2.07. The van der Waals surface area contributed by atoms with E-state index < -0.39 is 0 Å². The topological polar surface area (TPSA) is 30.0 Å². The number of aromatic nitrogens is 1. The van der Waals surface area contributed by atoms with E-state index in [1.165, 1.54) is 16.0 Å². The number of hydrogen-bond donors (Lipinski definition) is 0. The van der Waals surface area contributed by atoms with Crippen molar-refractivity contribution in [1.29, 1.82) is 0 Å². The summed E-state index contributed by atoms with van der Waals surface area (Å²) in [6, 6.07) is 8.32. The molecule has 1 aromatic heterocycles. The van der Waals surface area contributed by atoms with Gasteiger partial charge in [-0.3, -0.25) is 4.79 Å². The zero-order valence-corrected chi connectivity index (χ0v) is 9.80. The van der Waals surface area contributed by atoms with E-state index in [2.05, 4.69) is 23.2 Å². The van der Waals surface area contributed by atoms with Crippen LogP contribution in [-0.2, 0) is 12.8 Å². The third-order valence-corrected chi connectivity index (χ3v) is 4.11. The largest absolute Gasteiger partial charge is 0.292 e. The first-order valence-electron chi connectivity index (χ1n) is 5.34. The summed E-state index contributed by atoms with van der Waals surface area (Å²) in [5, 5.41) is 0.640. The fraction of sp³-hybridized carbons (Fsp3) is 0.231. The van der Waals surface area contributed by atoms with Crippen molar-refractivity contribution in [3.05, 3.63) is 39.7 Å². The molecule has 3 rings (SSSR count). The van der Waals surface area contributed by atoms with Crippen LogP contribution in [0.3, 0.4) is 0 Å². The van der Waals surface area contributed by atoms with Crippen molar-refractivity contribution in [2.45, 2.75) is 19.8 Å². The zero-order valence-electron chi connectivity index (χ0n) is 8.99. The predicted molar refractivity (Wildman–Crippen MR) is 65.0 cm³/mol. The van der Waals surface area contributed by atoms with Crippen LogP contribution in [0, 0.1) is 0 Å². The predicted octanol–water partition coefficient (Wildman–Crippen LogP) is 3.11. The Kier molecular flexibility index (Phi) is 2.14. The van der Waals surface area contributed by atoms with Crippen molar-refractivity contribution in [2.24, 2.45) is 0 Å². The summed E-state index contributed by atoms with van der Waals surface area (Å²) in [7, 11) is 0. The number of Topliss-reactive ketones (excluding diaryl/α,β-unsaturated/α-hetero) is 1. The van der Waals surface area contributed by atoms with Crippen LogP contribution in [0.2, 0.25) is 0 Å². The summed E-state index contributed by atoms with van der Waals surface area (Å²) in [4.78, 5) is 17.0. The van der Waals surface area contributed by atoms with Gasteiger partial charge < -0.3 is 0 Å². The average molecular weight is 229 g/mol. The molecule has 0 bridgehead atoms. The molecular formula is C13H11NOS. The molecule has 2 nitrogen and oxygen atoms in total. The Bertz CT molecular complexity index is 571. The van der Waals surface area contributed by atoms with Gasteiger partial charge in [-0.05, 0) is 18.4 Å². The number of ketones is 1. The summed E-state index contributed by atoms with van der Waals surface area (Å²) in [6.45, 7) is 1.58. The van der Waals surface area contributed by atoms with Crippen LogP contribution in [0.1, 0.15) is 27.2 Å². The minimum atomic E-state index is 0.0666. The van der Waals surface area contributed by atoms with Crippen LogP contribution in [0.5, 0.6) is 0 Å². The molecule has 0 spiro atoms. The summed E-state index contributed by atoms with van der Waals surface area (Å²) < 4.78 is 0. The second kappa shape index (κ2) is 3.52. The molecule has 0 fully saturated rings. The van der Waals surface area contributed by atoms with Crippen LogP contribution in [0.15, 0.2) is 24.3 Å². The molecule has 0 saturated carbocycles. The van der Waals surface area contributed by atoms with E-state index >= 15 is 0 Å². The fourth-order valence-electron chi connectivity index (χ4n) is 2.10. The molecule has 16 heavy (non-hydrogen) atoms. The van der Waals surface area contributed by atoms with Crippen molar-refractivity contribution in [3.8, 4) is 11.3 Å². The number of hydrogen-bond acceptors (Lipinski definition) is 3. The minimum Gasteiger partial charge on any atom is -0.292 e. The third-order valence-electron chi connectivity index (χ3n) is 2.89. The molecule has 0 N–H and O–H groups in total. The molecule has 0 radical (unpaired) electrons. The fourth-order valence-corrected chi connectivity index (χ4v) is 3.07. The van der Waals surface area contributed by atoms with Gasteiger partial charge in [0.1, 0.15) is 0 Å². The third kappa shape index (κ3) is 1.39. The van der Waals surface area contributed by atoms with E-state index in [4.69, 9.17) is 0 Å². The van der Waals surface area contributed by atoms with Crippen LogP contribution < -0.4 is 0 Å². The van der Waals surface area contributed by atoms with Gasteiger partial charge in [-0.25, -0.2) is 4.98 Å². The second-order valence-electron chi connectivity index (χ2n) is 4.00. The highest BCUT2D eigenvalue weighted by Crippen LogP contribution is 2.36. The molecule has 1 heterocycles. The Morgan fingerprint density at radius 2 is 2.12 bits per heavy atom. The molecule has 1 aromatic carbocycles. The Morgan fingerprint density at radius 1 is 1.31 bits per heavy atom. The average Bonchev–Trinajstić information content (AvgIpc) is 2.73. The molecule has 0 saturated heterocycles. The Balaban J connectivity index is 2.20. The highest BCUT2D eigenvalue weighted by molar-refractivity contribution is 7.14. The van der Waals surface area contributed by atoms with Gasteiger partial charge in [-0.2, -0.15) is 0 Å². The van der Waals surface area contributed by atoms with Crippen LogP contribution in [0.4, 0.5) is 0 Å². The minimum absolute atomic E-state index is 0.0666. The van der Waals surface area contributed by atoms with E-state index in [0.717, 1.165) is 18.5 Å². The Labute approximate surface area is 98.0 Å². The van der Waals surface area contributed by atoms with Crippen LogP contribution in [0.25, 0.3) is 11.3 Å². The SMILES string of the molecule is CC(=O)c1nc2c(s1)CCc1ccccc1-2. The quantitative estimate of drug-likeness (QED) is 0.703. The normalized spacial score (nSPS) is 13.1. The van der Waals surface area contributed by atoms with Gasteiger partial charge in [0.15, 0.2) is 10.8 Å². The number of nitrogens with zero attached hydrogens (tertiary/aromatic N) is 1. The molecular weight excluding hydrogens is 218 g/mol. The molecule has 0 unspecified atom stereocenters. The standard InChI is InChI=1S/C13H11NOS/c1-8(15)13-14-12-10-5-3-2-4-9(10)6-7-11(12)16-13/h2-5H,6-7H2,1H3. The monoisotopic (exact) mass is 229 g/mol. The summed E-state index contributed by atoms with van der Waals surface area (Å²) in [5.74, 6) is 0.0666. The first-order valence-corrected chi connectivity index (χ1v) is 6.16. The lowest BCUT2D eigenvalue weighted by Crippen LogP contribution is -2.01. The van der Waals surface area contributed by atoms with Crippen molar-refractivity contribution < 1.29 is 4.79 Å². The highest BCUT2D eigenvalue weighted by Gasteiger charge is 2.21. The molecule has 0 aliphatic heterocycles. The maximum Gasteiger partial charge on any atom is 0.188 e. The molecule has 2 aromatic rings. The molecule has 80 valence electrons. The van der Waals surface area contributed by atoms with Gasteiger partial charge >= 0.3 is 0 Å². The number of fused-ring (bicyclic) bond motifs is 3. The lowest BCUT2D eigenvalue weighted by atomic mass is 9.94. The van der Waals surface area contributed by atoms with Gasteiger partial charge in [0, 0.05) is 17.4 Å². The first-order chi connectivity index (χ1) is 7.75. The van der Waals surface area contributed by atoms with Crippen molar-refractivity contribution in [2.75, 3.05) is 0 Å². The number of carbonyl (C=O) groups is 1. The lowest BCUT2D eigenvalue weighted by molar-refractivity contribution is 0.101. The number of rotatable bonds is 1. The van der Waals surface area contributed by atoms with E-state index in [0.29, 0.717) is 5.01 Å². The summed E-state index contributed by atoms with van der Waals surface area (Å²) in [5.41, 5.74) is 3.57. The maximum absolute atomic E-state index is 11.3. The van der Waals surface area contributed by atoms with Crippen LogP contribution in [-0.4, -0.2) is 10.8 Å². The number of thiazole rings is 1. The molecule has 1 aliphatic rings. The molecule has 0 atom stereocenters. The molecule has 3 heteroatoms. The van der Waals surface area contributed by atoms with E-state index in [-0.39, 0.29) is 5.78 Å². The molecule has 0 amide bonds. The van der Waals surface area contributed by atoms with Crippen molar-refractivity contribution in [1.82, 2.24) is 4.98 Å². The Hall–Kier alpha value is -1.48. The number of carbonyl (C=O) groups excluding carboxylic acids is 1. The maximum atomic E-state index is 11.3. The van der Waals surface area contributed by atoms with E-state index in [9.17, 15) is 4.79 Å². The van der Waals surface area contributed by atoms with Crippen LogP contribution >= 0.6 is 11.3 Å². The number of aryl methyl sites for hydroxylation is 2. The van der Waals surface area contributed by atoms with Crippen molar-refractivity contribution in [3.63, 3.8) is 0 Å². The van der Waals surface area contributed by atoms with E-state index in [1.807, 2.05) is 6.07 Å². The summed E-state index contributed by atoms with van der Waals surface area (Å²) >= 11 is 1.55. The van der Waals surface area contributed by atoms with Gasteiger partial charge in [-0.1, -0.05) is 24.3 Å². The van der Waals surface area contributed by atoms with Crippen molar-refractivity contribution >= 4 is 17.1 Å². The first kappa shape index (κ1) is 9.73. The van der Waals surface area contributed by atoms with E-state index in [1.54, 1.807) is 18.3 Å². The van der Waals surface area contributed by atoms with Gasteiger partial charge in [-0.15, -0.1) is 11.3 Å². The van der Waals surface area contributed by atoms with Gasteiger partial charge in [0.2, 0.25) is 0 Å². The van der Waals surface area contributed by atoms with Gasteiger partial charge in [0.05, 0.1) is 5.69 Å². The second-order valence-corrected chi connectivity index (χ2v) is 5.09.